The van der Waals surface area contributed by atoms with E-state index in [2.05, 4.69) is 0 Å². The van der Waals surface area contributed by atoms with Gasteiger partial charge in [-0.3, -0.25) is 9.09 Å². The van der Waals surface area contributed by atoms with Crippen LogP contribution in [-0.4, -0.2) is 31.1 Å². The summed E-state index contributed by atoms with van der Waals surface area (Å²) in [5, 5.41) is 22.3. The molecule has 1 aliphatic rings. The molecule has 2 rings (SSSR count). The van der Waals surface area contributed by atoms with Gasteiger partial charge >= 0.3 is 0 Å². The molecule has 0 saturated heterocycles. The summed E-state index contributed by atoms with van der Waals surface area (Å²) in [4.78, 5) is 0. The summed E-state index contributed by atoms with van der Waals surface area (Å²) in [5.74, 6) is 0.416. The van der Waals surface area contributed by atoms with Crippen molar-refractivity contribution in [1.29, 1.82) is 0 Å². The predicted octanol–water partition coefficient (Wildman–Crippen LogP) is 0.309. The second kappa shape index (κ2) is 5.73. The number of aliphatic hydroxyl groups is 1. The van der Waals surface area contributed by atoms with Crippen molar-refractivity contribution in [1.82, 2.24) is 5.01 Å². The number of benzene rings is 1. The molecule has 1 heterocycles. The van der Waals surface area contributed by atoms with E-state index in [0.717, 1.165) is 0 Å². The zero-order chi connectivity index (χ0) is 14.0. The van der Waals surface area contributed by atoms with Gasteiger partial charge in [0.15, 0.2) is 12.5 Å². The van der Waals surface area contributed by atoms with Gasteiger partial charge in [0.25, 0.3) is 0 Å². The maximum Gasteiger partial charge on any atom is 0.225 e. The summed E-state index contributed by atoms with van der Waals surface area (Å²) in [6.07, 6.45) is 1.46. The van der Waals surface area contributed by atoms with Gasteiger partial charge in [-0.1, -0.05) is 6.07 Å². The fourth-order valence-corrected chi connectivity index (χ4v) is 2.94. The van der Waals surface area contributed by atoms with Gasteiger partial charge in [0.2, 0.25) is 13.7 Å². The SMILES string of the molecule is COc1cccc2c1[NH+]([O-])N(C)C=C2[PH](=O)OCO. The minimum atomic E-state index is -2.62. The molecule has 1 aliphatic heterocycles. The standard InChI is InChI=1S/C11H15N2O5P/c1-12-6-10(19(16)18-7-14)8-4-3-5-9(17-2)11(8)13(12)15/h3-6,13-14,19H,7H2,1-2H3. The Morgan fingerprint density at radius 1 is 1.53 bits per heavy atom. The van der Waals surface area contributed by atoms with Crippen molar-refractivity contribution < 1.29 is 24.1 Å². The second-order valence-corrected chi connectivity index (χ2v) is 5.30. The van der Waals surface area contributed by atoms with E-state index in [0.29, 0.717) is 22.3 Å². The average molecular weight is 286 g/mol. The van der Waals surface area contributed by atoms with Gasteiger partial charge in [-0.15, -0.1) is 0 Å². The van der Waals surface area contributed by atoms with Crippen molar-refractivity contribution in [2.45, 2.75) is 0 Å². The summed E-state index contributed by atoms with van der Waals surface area (Å²) < 4.78 is 21.9. The van der Waals surface area contributed by atoms with E-state index in [1.165, 1.54) is 18.3 Å². The number of nitrogens with one attached hydrogen (secondary N) is 1. The maximum atomic E-state index is 12.1. The summed E-state index contributed by atoms with van der Waals surface area (Å²) in [5.41, 5.74) is 0.865. The molecule has 0 fully saturated rings. The van der Waals surface area contributed by atoms with Gasteiger partial charge in [-0.25, -0.2) is 10.2 Å². The largest absolute Gasteiger partial charge is 0.602 e. The number of hydrogen-bond donors (Lipinski definition) is 2. The molecule has 0 saturated carbocycles. The Morgan fingerprint density at radius 2 is 2.26 bits per heavy atom. The van der Waals surface area contributed by atoms with E-state index in [9.17, 15) is 9.77 Å². The zero-order valence-corrected chi connectivity index (χ0v) is 11.5. The third-order valence-electron chi connectivity index (χ3n) is 2.81. The van der Waals surface area contributed by atoms with Gasteiger partial charge < -0.3 is 15.1 Å². The lowest BCUT2D eigenvalue weighted by atomic mass is 10.1. The first-order valence-corrected chi connectivity index (χ1v) is 6.86. The Bertz CT molecular complexity index is 534. The van der Waals surface area contributed by atoms with Crippen molar-refractivity contribution in [2.24, 2.45) is 0 Å². The molecular weight excluding hydrogens is 271 g/mol. The van der Waals surface area contributed by atoms with E-state index in [1.807, 2.05) is 0 Å². The molecule has 0 radical (unpaired) electrons. The molecule has 1 aromatic rings. The highest BCUT2D eigenvalue weighted by atomic mass is 31.1. The normalized spacial score (nSPS) is 19.7. The Hall–Kier alpha value is -1.37. The number of rotatable bonds is 4. The van der Waals surface area contributed by atoms with E-state index >= 15 is 0 Å². The molecule has 1 aromatic carbocycles. The van der Waals surface area contributed by atoms with Crippen LogP contribution in [0, 0.1) is 5.21 Å². The fourth-order valence-electron chi connectivity index (χ4n) is 1.94. The molecule has 2 atom stereocenters. The van der Waals surface area contributed by atoms with Crippen LogP contribution in [0.2, 0.25) is 0 Å². The Kier molecular flexibility index (Phi) is 4.24. The van der Waals surface area contributed by atoms with Crippen molar-refractivity contribution in [3.63, 3.8) is 0 Å². The molecule has 104 valence electrons. The predicted molar refractivity (Wildman–Crippen MR) is 69.9 cm³/mol. The van der Waals surface area contributed by atoms with Crippen LogP contribution < -0.4 is 9.91 Å². The average Bonchev–Trinajstić information content (AvgIpc) is 2.42. The molecule has 2 N–H and O–H groups in total. The molecular formula is C11H15N2O5P. The van der Waals surface area contributed by atoms with Crippen LogP contribution >= 0.6 is 8.03 Å². The first-order valence-electron chi connectivity index (χ1n) is 5.54. The molecule has 0 amide bonds. The second-order valence-electron chi connectivity index (χ2n) is 3.90. The van der Waals surface area contributed by atoms with Crippen LogP contribution in [0.4, 0.5) is 5.69 Å². The number of ether oxygens (including phenoxy) is 1. The quantitative estimate of drug-likeness (QED) is 0.470. The minimum Gasteiger partial charge on any atom is -0.602 e. The molecule has 0 aromatic heterocycles. The molecule has 7 nitrogen and oxygen atoms in total. The van der Waals surface area contributed by atoms with Gasteiger partial charge in [-0.2, -0.15) is 0 Å². The molecule has 0 bridgehead atoms. The van der Waals surface area contributed by atoms with Gasteiger partial charge in [0, 0.05) is 0 Å². The molecule has 8 heteroatoms. The number of aliphatic hydroxyl groups excluding tert-OH is 1. The maximum absolute atomic E-state index is 12.1. The van der Waals surface area contributed by atoms with Crippen LogP contribution in [0.25, 0.3) is 5.31 Å². The molecule has 2 unspecified atom stereocenters. The van der Waals surface area contributed by atoms with Crippen LogP contribution in [0.5, 0.6) is 5.75 Å². The van der Waals surface area contributed by atoms with Gasteiger partial charge in [-0.05, 0) is 12.1 Å². The lowest BCUT2D eigenvalue weighted by molar-refractivity contribution is -0.899. The lowest BCUT2D eigenvalue weighted by Crippen LogP contribution is -3.08. The monoisotopic (exact) mass is 286 g/mol. The Morgan fingerprint density at radius 3 is 2.89 bits per heavy atom. The number of hydrogen-bond acceptors (Lipinski definition) is 6. The first-order chi connectivity index (χ1) is 9.10. The fraction of sp³-hybridized carbons (Fsp3) is 0.273. The van der Waals surface area contributed by atoms with Crippen LogP contribution in [0.15, 0.2) is 24.4 Å². The third kappa shape index (κ3) is 2.51. The minimum absolute atomic E-state index is 0.241. The van der Waals surface area contributed by atoms with Crippen molar-refractivity contribution in [3.8, 4) is 5.75 Å². The highest BCUT2D eigenvalue weighted by Crippen LogP contribution is 2.46. The number of fused-ring (bicyclic) bond motifs is 1. The van der Waals surface area contributed by atoms with E-state index in [1.54, 1.807) is 25.2 Å². The van der Waals surface area contributed by atoms with Crippen LogP contribution in [0.3, 0.4) is 0 Å². The summed E-state index contributed by atoms with van der Waals surface area (Å²) >= 11 is 0. The Labute approximate surface area is 111 Å². The highest BCUT2D eigenvalue weighted by Gasteiger charge is 2.29. The first kappa shape index (κ1) is 14.0. The molecule has 0 spiro atoms. The van der Waals surface area contributed by atoms with E-state index in [-0.39, 0.29) is 5.17 Å². The van der Waals surface area contributed by atoms with Gasteiger partial charge in [0.05, 0.1) is 31.2 Å². The van der Waals surface area contributed by atoms with E-state index < -0.39 is 14.8 Å². The topological polar surface area (TPSA) is 86.5 Å². The molecule has 0 aliphatic carbocycles. The lowest BCUT2D eigenvalue weighted by Gasteiger charge is -2.35. The van der Waals surface area contributed by atoms with Crippen molar-refractivity contribution >= 4 is 19.0 Å². The third-order valence-corrected chi connectivity index (χ3v) is 4.04. The highest BCUT2D eigenvalue weighted by molar-refractivity contribution is 7.51. The number of nitrogens with zero attached hydrogens (tertiary/aromatic N) is 1. The van der Waals surface area contributed by atoms with Crippen LogP contribution in [-0.2, 0) is 9.09 Å². The summed E-state index contributed by atoms with van der Waals surface area (Å²) in [6, 6.07) is 5.05. The zero-order valence-electron chi connectivity index (χ0n) is 10.5. The smallest absolute Gasteiger partial charge is 0.225 e. The van der Waals surface area contributed by atoms with Crippen molar-refractivity contribution in [2.75, 3.05) is 21.0 Å². The Balaban J connectivity index is 2.55. The summed E-state index contributed by atoms with van der Waals surface area (Å²) in [7, 11) is 0.406. The van der Waals surface area contributed by atoms with Crippen LogP contribution in [0.1, 0.15) is 5.56 Å². The van der Waals surface area contributed by atoms with Crippen molar-refractivity contribution in [3.05, 3.63) is 35.2 Å². The number of quaternary nitrogens is 1. The van der Waals surface area contributed by atoms with E-state index in [4.69, 9.17) is 14.4 Å². The number of methoxy groups -OCH3 is 1. The summed E-state index contributed by atoms with van der Waals surface area (Å²) in [6.45, 7) is -0.633. The molecule has 19 heavy (non-hydrogen) atoms. The van der Waals surface area contributed by atoms with Gasteiger partial charge in [0.1, 0.15) is 0 Å².